The first-order chi connectivity index (χ1) is 11.9. The Morgan fingerprint density at radius 3 is 2.36 bits per heavy atom. The molecular formula is C18H22N4O3. The van der Waals surface area contributed by atoms with Crippen molar-refractivity contribution in [1.82, 2.24) is 4.90 Å². The topological polar surface area (TPSA) is 78.7 Å². The van der Waals surface area contributed by atoms with Crippen molar-refractivity contribution in [2.24, 2.45) is 0 Å². The van der Waals surface area contributed by atoms with Gasteiger partial charge in [-0.05, 0) is 32.3 Å². The number of non-ortho nitro benzene ring substituents is 1. The summed E-state index contributed by atoms with van der Waals surface area (Å²) in [6.07, 6.45) is 0. The van der Waals surface area contributed by atoms with Gasteiger partial charge in [0.05, 0.1) is 4.92 Å². The van der Waals surface area contributed by atoms with Crippen LogP contribution in [0.2, 0.25) is 0 Å². The van der Waals surface area contributed by atoms with E-state index < -0.39 is 4.92 Å². The van der Waals surface area contributed by atoms with Crippen molar-refractivity contribution in [2.75, 3.05) is 44.4 Å². The van der Waals surface area contributed by atoms with Gasteiger partial charge in [-0.2, -0.15) is 0 Å². The minimum absolute atomic E-state index is 0.104. The molecule has 0 aromatic heterocycles. The molecule has 7 heteroatoms. The highest BCUT2D eigenvalue weighted by Crippen LogP contribution is 2.24. The highest BCUT2D eigenvalue weighted by atomic mass is 16.6. The van der Waals surface area contributed by atoms with Gasteiger partial charge in [0.2, 0.25) is 0 Å². The van der Waals surface area contributed by atoms with E-state index in [1.807, 2.05) is 49.1 Å². The third kappa shape index (κ3) is 5.29. The van der Waals surface area contributed by atoms with Crippen LogP contribution in [0.15, 0.2) is 48.5 Å². The third-order valence-electron chi connectivity index (χ3n) is 3.73. The zero-order valence-corrected chi connectivity index (χ0v) is 14.6. The van der Waals surface area contributed by atoms with Gasteiger partial charge in [-0.1, -0.05) is 18.2 Å². The predicted octanol–water partition coefficient (Wildman–Crippen LogP) is 2.84. The van der Waals surface area contributed by atoms with Crippen LogP contribution in [0.1, 0.15) is 10.4 Å². The molecule has 1 N–H and O–H groups in total. The SMILES string of the molecule is CN(C)CCN(C)c1cc(C(=O)Nc2ccccc2)cc([N+](=O)[O-])c1. The van der Waals surface area contributed by atoms with Crippen LogP contribution in [0.3, 0.4) is 0 Å². The van der Waals surface area contributed by atoms with Crippen molar-refractivity contribution in [2.45, 2.75) is 0 Å². The Morgan fingerprint density at radius 2 is 1.76 bits per heavy atom. The van der Waals surface area contributed by atoms with Crippen LogP contribution in [0.4, 0.5) is 17.1 Å². The van der Waals surface area contributed by atoms with E-state index in [1.165, 1.54) is 12.1 Å². The van der Waals surface area contributed by atoms with Gasteiger partial charge in [0.1, 0.15) is 0 Å². The number of hydrogen-bond donors (Lipinski definition) is 1. The summed E-state index contributed by atoms with van der Waals surface area (Å²) in [6, 6.07) is 13.4. The summed E-state index contributed by atoms with van der Waals surface area (Å²) in [5, 5.41) is 14.0. The standard InChI is InChI=1S/C18H22N4O3/c1-20(2)9-10-21(3)16-11-14(12-17(13-16)22(24)25)18(23)19-15-7-5-4-6-8-15/h4-8,11-13H,9-10H2,1-3H3,(H,19,23). The lowest BCUT2D eigenvalue weighted by molar-refractivity contribution is -0.384. The Labute approximate surface area is 147 Å². The maximum atomic E-state index is 12.5. The van der Waals surface area contributed by atoms with E-state index in [4.69, 9.17) is 0 Å². The quantitative estimate of drug-likeness (QED) is 0.618. The van der Waals surface area contributed by atoms with Crippen LogP contribution in [-0.4, -0.2) is 50.0 Å². The van der Waals surface area contributed by atoms with Gasteiger partial charge in [0, 0.05) is 49.2 Å². The van der Waals surface area contributed by atoms with Gasteiger partial charge in [-0.3, -0.25) is 14.9 Å². The molecule has 0 fully saturated rings. The molecule has 1 amide bonds. The van der Waals surface area contributed by atoms with E-state index in [-0.39, 0.29) is 17.2 Å². The molecule has 0 heterocycles. The average molecular weight is 342 g/mol. The van der Waals surface area contributed by atoms with E-state index in [1.54, 1.807) is 18.2 Å². The molecule has 2 rings (SSSR count). The Kier molecular flexibility index (Phi) is 6.08. The van der Waals surface area contributed by atoms with Crippen LogP contribution in [0.5, 0.6) is 0 Å². The Morgan fingerprint density at radius 1 is 1.08 bits per heavy atom. The van der Waals surface area contributed by atoms with E-state index in [0.717, 1.165) is 6.54 Å². The van der Waals surface area contributed by atoms with Crippen LogP contribution in [0, 0.1) is 10.1 Å². The number of carbonyl (C=O) groups excluding carboxylic acids is 1. The van der Waals surface area contributed by atoms with Gasteiger partial charge in [0.15, 0.2) is 0 Å². The van der Waals surface area contributed by atoms with Gasteiger partial charge >= 0.3 is 0 Å². The van der Waals surface area contributed by atoms with Crippen molar-refractivity contribution < 1.29 is 9.72 Å². The molecule has 2 aromatic rings. The first-order valence-electron chi connectivity index (χ1n) is 7.88. The van der Waals surface area contributed by atoms with E-state index in [0.29, 0.717) is 17.9 Å². The first-order valence-corrected chi connectivity index (χ1v) is 7.88. The normalized spacial score (nSPS) is 10.6. The number of nitro groups is 1. The minimum Gasteiger partial charge on any atom is -0.373 e. The number of nitrogens with one attached hydrogen (secondary N) is 1. The third-order valence-corrected chi connectivity index (χ3v) is 3.73. The number of likely N-dealkylation sites (N-methyl/N-ethyl adjacent to an activating group) is 2. The highest BCUT2D eigenvalue weighted by molar-refractivity contribution is 6.05. The number of amides is 1. The number of hydrogen-bond acceptors (Lipinski definition) is 5. The van der Waals surface area contributed by atoms with Crippen LogP contribution < -0.4 is 10.2 Å². The second kappa shape index (κ2) is 8.25. The van der Waals surface area contributed by atoms with Crippen molar-refractivity contribution in [3.63, 3.8) is 0 Å². The molecule has 132 valence electrons. The number of nitrogens with zero attached hydrogens (tertiary/aromatic N) is 3. The second-order valence-corrected chi connectivity index (χ2v) is 6.04. The van der Waals surface area contributed by atoms with Crippen LogP contribution in [-0.2, 0) is 0 Å². The fraction of sp³-hybridized carbons (Fsp3) is 0.278. The molecule has 0 saturated carbocycles. The first kappa shape index (κ1) is 18.4. The molecule has 0 aliphatic heterocycles. The van der Waals surface area contributed by atoms with Crippen molar-refractivity contribution in [3.05, 3.63) is 64.2 Å². The number of rotatable bonds is 7. The van der Waals surface area contributed by atoms with Crippen molar-refractivity contribution in [3.8, 4) is 0 Å². The lowest BCUT2D eigenvalue weighted by Gasteiger charge is -2.22. The van der Waals surface area contributed by atoms with Gasteiger partial charge < -0.3 is 15.1 Å². The molecule has 2 aromatic carbocycles. The summed E-state index contributed by atoms with van der Waals surface area (Å²) in [5.41, 5.74) is 1.42. The number of nitro benzene ring substituents is 1. The van der Waals surface area contributed by atoms with E-state index in [9.17, 15) is 14.9 Å². The van der Waals surface area contributed by atoms with Crippen LogP contribution >= 0.6 is 0 Å². The molecule has 0 unspecified atom stereocenters. The van der Waals surface area contributed by atoms with E-state index >= 15 is 0 Å². The van der Waals surface area contributed by atoms with Gasteiger partial charge in [0.25, 0.3) is 11.6 Å². The molecule has 25 heavy (non-hydrogen) atoms. The molecule has 0 aliphatic rings. The molecule has 0 aliphatic carbocycles. The summed E-state index contributed by atoms with van der Waals surface area (Å²) in [4.78, 5) is 27.1. The average Bonchev–Trinajstić information content (AvgIpc) is 2.60. The number of benzene rings is 2. The summed E-state index contributed by atoms with van der Waals surface area (Å²) in [6.45, 7) is 1.48. The summed E-state index contributed by atoms with van der Waals surface area (Å²) < 4.78 is 0. The van der Waals surface area contributed by atoms with Gasteiger partial charge in [-0.25, -0.2) is 0 Å². The second-order valence-electron chi connectivity index (χ2n) is 6.04. The lowest BCUT2D eigenvalue weighted by Crippen LogP contribution is -2.28. The Bertz CT molecular complexity index is 747. The number of carbonyl (C=O) groups is 1. The summed E-state index contributed by atoms with van der Waals surface area (Å²) in [7, 11) is 5.77. The van der Waals surface area contributed by atoms with Crippen molar-refractivity contribution >= 4 is 23.0 Å². The molecule has 0 atom stereocenters. The minimum atomic E-state index is -0.484. The molecule has 7 nitrogen and oxygen atoms in total. The Balaban J connectivity index is 2.27. The predicted molar refractivity (Wildman–Crippen MR) is 99.3 cm³/mol. The summed E-state index contributed by atoms with van der Waals surface area (Å²) >= 11 is 0. The maximum Gasteiger partial charge on any atom is 0.272 e. The maximum absolute atomic E-state index is 12.5. The van der Waals surface area contributed by atoms with Gasteiger partial charge in [-0.15, -0.1) is 0 Å². The number of para-hydroxylation sites is 1. The van der Waals surface area contributed by atoms with E-state index in [2.05, 4.69) is 5.32 Å². The summed E-state index contributed by atoms with van der Waals surface area (Å²) in [5.74, 6) is -0.378. The largest absolute Gasteiger partial charge is 0.373 e. The fourth-order valence-corrected chi connectivity index (χ4v) is 2.26. The number of anilines is 2. The van der Waals surface area contributed by atoms with Crippen molar-refractivity contribution in [1.29, 1.82) is 0 Å². The molecule has 0 saturated heterocycles. The lowest BCUT2D eigenvalue weighted by atomic mass is 10.1. The smallest absolute Gasteiger partial charge is 0.272 e. The monoisotopic (exact) mass is 342 g/mol. The molecule has 0 bridgehead atoms. The highest BCUT2D eigenvalue weighted by Gasteiger charge is 2.16. The molecule has 0 radical (unpaired) electrons. The molecule has 0 spiro atoms. The fourth-order valence-electron chi connectivity index (χ4n) is 2.26. The van der Waals surface area contributed by atoms with Crippen LogP contribution in [0.25, 0.3) is 0 Å². The Hall–Kier alpha value is -2.93. The zero-order chi connectivity index (χ0) is 18.4. The zero-order valence-electron chi connectivity index (χ0n) is 14.6. The molecular weight excluding hydrogens is 320 g/mol.